The number of hydrogen-bond donors (Lipinski definition) is 3. The molecule has 3 N–H and O–H groups in total. The van der Waals surface area contributed by atoms with Crippen LogP contribution in [0.3, 0.4) is 0 Å². The van der Waals surface area contributed by atoms with Crippen LogP contribution in [-0.4, -0.2) is 41.6 Å². The first-order chi connectivity index (χ1) is 12.1. The number of alkyl carbamates (subject to hydrolysis) is 2. The van der Waals surface area contributed by atoms with Crippen molar-refractivity contribution in [1.82, 2.24) is 10.6 Å². The van der Waals surface area contributed by atoms with Crippen molar-refractivity contribution >= 4 is 18.2 Å². The summed E-state index contributed by atoms with van der Waals surface area (Å²) in [6.45, 7) is 4.98. The minimum atomic E-state index is -2.06. The molecule has 0 radical (unpaired) electrons. The maximum absolute atomic E-state index is 12.3. The number of nitrogens with one attached hydrogen (secondary N) is 2. The van der Waals surface area contributed by atoms with Crippen LogP contribution >= 0.6 is 0 Å². The van der Waals surface area contributed by atoms with Crippen molar-refractivity contribution in [2.24, 2.45) is 5.92 Å². The normalized spacial score (nSPS) is 16.2. The van der Waals surface area contributed by atoms with E-state index in [1.54, 1.807) is 20.8 Å². The van der Waals surface area contributed by atoms with E-state index >= 15 is 0 Å². The Morgan fingerprint density at radius 3 is 1.96 bits per heavy atom. The van der Waals surface area contributed by atoms with E-state index in [9.17, 15) is 19.5 Å². The third kappa shape index (κ3) is 4.25. The van der Waals surface area contributed by atoms with Crippen molar-refractivity contribution in [2.75, 3.05) is 7.11 Å². The number of rotatable bonds is 4. The van der Waals surface area contributed by atoms with E-state index in [0.29, 0.717) is 12.8 Å². The topological polar surface area (TPSA) is 114 Å². The monoisotopic (exact) mass is 364 g/mol. The van der Waals surface area contributed by atoms with Gasteiger partial charge in [-0.15, -0.1) is 0 Å². The highest BCUT2D eigenvalue weighted by Crippen LogP contribution is 2.33. The number of carboxylic acids is 1. The van der Waals surface area contributed by atoms with Gasteiger partial charge in [-0.25, -0.2) is 14.4 Å². The van der Waals surface area contributed by atoms with Gasteiger partial charge in [0.1, 0.15) is 5.60 Å². The van der Waals surface area contributed by atoms with Gasteiger partial charge in [0.15, 0.2) is 0 Å². The second kappa shape index (κ2) is 7.23. The molecule has 0 aliphatic heterocycles. The highest BCUT2D eigenvalue weighted by atomic mass is 16.6. The van der Waals surface area contributed by atoms with Crippen molar-refractivity contribution in [3.63, 3.8) is 0 Å². The van der Waals surface area contributed by atoms with Crippen LogP contribution in [0.2, 0.25) is 0 Å². The molecule has 1 atom stereocenters. The Balaban J connectivity index is 2.36. The predicted molar refractivity (Wildman–Crippen MR) is 92.6 cm³/mol. The Bertz CT molecular complexity index is 687. The molecular formula is C18H24N2O6. The Hall–Kier alpha value is -2.77. The SMILES string of the molecule is COC(=O)N[C@@](NC(=O)OC(C)(C)C)(C(=O)O)C1Cc2ccccc2C1. The van der Waals surface area contributed by atoms with Crippen LogP contribution < -0.4 is 10.6 Å². The minimum Gasteiger partial charge on any atom is -0.478 e. The van der Waals surface area contributed by atoms with Crippen LogP contribution in [0.25, 0.3) is 0 Å². The van der Waals surface area contributed by atoms with E-state index < -0.39 is 35.3 Å². The molecule has 1 aliphatic carbocycles. The molecule has 0 spiro atoms. The molecule has 2 amide bonds. The van der Waals surface area contributed by atoms with Gasteiger partial charge in [0.2, 0.25) is 5.66 Å². The fourth-order valence-corrected chi connectivity index (χ4v) is 3.06. The van der Waals surface area contributed by atoms with E-state index in [-0.39, 0.29) is 0 Å². The Morgan fingerprint density at radius 2 is 1.54 bits per heavy atom. The summed E-state index contributed by atoms with van der Waals surface area (Å²) in [5.41, 5.74) is -0.936. The Labute approximate surface area is 151 Å². The van der Waals surface area contributed by atoms with E-state index in [4.69, 9.17) is 4.74 Å². The lowest BCUT2D eigenvalue weighted by atomic mass is 9.89. The maximum atomic E-state index is 12.3. The molecule has 0 heterocycles. The van der Waals surface area contributed by atoms with Crippen molar-refractivity contribution in [3.05, 3.63) is 35.4 Å². The lowest BCUT2D eigenvalue weighted by Gasteiger charge is -2.36. The van der Waals surface area contributed by atoms with Gasteiger partial charge in [0.05, 0.1) is 7.11 Å². The summed E-state index contributed by atoms with van der Waals surface area (Å²) in [7, 11) is 1.12. The van der Waals surface area contributed by atoms with Crippen LogP contribution in [-0.2, 0) is 27.1 Å². The first kappa shape index (κ1) is 19.6. The molecule has 0 saturated heterocycles. The molecule has 26 heavy (non-hydrogen) atoms. The standard InChI is InChI=1S/C18H24N2O6/c1-17(2,3)26-16(24)20-18(14(21)22,19-15(23)25-4)13-9-11-7-5-6-8-12(11)10-13/h5-8,13H,9-10H2,1-4H3,(H,19,23)(H,20,24)(H,21,22)/t18-/m0/s1. The lowest BCUT2D eigenvalue weighted by molar-refractivity contribution is -0.149. The van der Waals surface area contributed by atoms with E-state index in [1.807, 2.05) is 24.3 Å². The highest BCUT2D eigenvalue weighted by molar-refractivity contribution is 5.88. The molecule has 0 unspecified atom stereocenters. The van der Waals surface area contributed by atoms with Crippen LogP contribution in [0, 0.1) is 5.92 Å². The molecule has 0 fully saturated rings. The third-order valence-electron chi connectivity index (χ3n) is 4.18. The number of ether oxygens (including phenoxy) is 2. The molecule has 8 heteroatoms. The van der Waals surface area contributed by atoms with Crippen molar-refractivity contribution in [3.8, 4) is 0 Å². The van der Waals surface area contributed by atoms with E-state index in [0.717, 1.165) is 18.2 Å². The average Bonchev–Trinajstić information content (AvgIpc) is 2.96. The van der Waals surface area contributed by atoms with Crippen LogP contribution in [0.4, 0.5) is 9.59 Å². The van der Waals surface area contributed by atoms with Gasteiger partial charge < -0.3 is 14.6 Å². The fourth-order valence-electron chi connectivity index (χ4n) is 3.06. The number of carbonyl (C=O) groups is 3. The molecule has 0 bridgehead atoms. The Kier molecular flexibility index (Phi) is 5.44. The number of fused-ring (bicyclic) bond motifs is 1. The van der Waals surface area contributed by atoms with Crippen molar-refractivity contribution < 1.29 is 29.0 Å². The van der Waals surface area contributed by atoms with Gasteiger partial charge >= 0.3 is 18.2 Å². The summed E-state index contributed by atoms with van der Waals surface area (Å²) in [6, 6.07) is 7.51. The van der Waals surface area contributed by atoms with Crippen LogP contribution in [0.15, 0.2) is 24.3 Å². The summed E-state index contributed by atoms with van der Waals surface area (Å²) >= 11 is 0. The predicted octanol–water partition coefficient (Wildman–Crippen LogP) is 2.06. The number of amides is 2. The van der Waals surface area contributed by atoms with Gasteiger partial charge in [-0.3, -0.25) is 10.6 Å². The summed E-state index contributed by atoms with van der Waals surface area (Å²) in [4.78, 5) is 36.3. The lowest BCUT2D eigenvalue weighted by Crippen LogP contribution is -2.70. The van der Waals surface area contributed by atoms with Gasteiger partial charge in [0, 0.05) is 5.92 Å². The second-order valence-corrected chi connectivity index (χ2v) is 7.23. The molecule has 1 aromatic rings. The largest absolute Gasteiger partial charge is 0.478 e. The zero-order chi connectivity index (χ0) is 19.5. The maximum Gasteiger partial charge on any atom is 0.409 e. The second-order valence-electron chi connectivity index (χ2n) is 7.23. The zero-order valence-corrected chi connectivity index (χ0v) is 15.3. The van der Waals surface area contributed by atoms with Crippen LogP contribution in [0.5, 0.6) is 0 Å². The zero-order valence-electron chi connectivity index (χ0n) is 15.3. The molecule has 1 aliphatic rings. The van der Waals surface area contributed by atoms with Crippen molar-refractivity contribution in [1.29, 1.82) is 0 Å². The molecule has 2 rings (SSSR count). The minimum absolute atomic E-state index is 0.377. The van der Waals surface area contributed by atoms with Gasteiger partial charge in [-0.1, -0.05) is 24.3 Å². The first-order valence-electron chi connectivity index (χ1n) is 8.25. The average molecular weight is 364 g/mol. The summed E-state index contributed by atoms with van der Waals surface area (Å²) < 4.78 is 9.76. The Morgan fingerprint density at radius 1 is 1.04 bits per heavy atom. The van der Waals surface area contributed by atoms with E-state index in [2.05, 4.69) is 15.4 Å². The molecular weight excluding hydrogens is 340 g/mol. The molecule has 8 nitrogen and oxygen atoms in total. The summed E-state index contributed by atoms with van der Waals surface area (Å²) in [6.07, 6.45) is -1.14. The van der Waals surface area contributed by atoms with Gasteiger partial charge in [-0.2, -0.15) is 0 Å². The molecule has 1 aromatic carbocycles. The number of carboxylic acid groups (broad SMARTS) is 1. The quantitative estimate of drug-likeness (QED) is 0.705. The summed E-state index contributed by atoms with van der Waals surface area (Å²) in [5.74, 6) is -2.00. The van der Waals surface area contributed by atoms with E-state index in [1.165, 1.54) is 0 Å². The molecule has 142 valence electrons. The fraction of sp³-hybridized carbons (Fsp3) is 0.500. The number of hydrogen-bond acceptors (Lipinski definition) is 5. The number of methoxy groups -OCH3 is 1. The van der Waals surface area contributed by atoms with Crippen LogP contribution in [0.1, 0.15) is 31.9 Å². The molecule has 0 saturated carbocycles. The highest BCUT2D eigenvalue weighted by Gasteiger charge is 2.51. The summed E-state index contributed by atoms with van der Waals surface area (Å²) in [5, 5.41) is 14.6. The van der Waals surface area contributed by atoms with Gasteiger partial charge in [-0.05, 0) is 44.7 Å². The smallest absolute Gasteiger partial charge is 0.409 e. The van der Waals surface area contributed by atoms with Crippen molar-refractivity contribution in [2.45, 2.75) is 44.9 Å². The number of benzene rings is 1. The number of carbonyl (C=O) groups excluding carboxylic acids is 2. The number of aliphatic carboxylic acids is 1. The third-order valence-corrected chi connectivity index (χ3v) is 4.18. The first-order valence-corrected chi connectivity index (χ1v) is 8.25. The van der Waals surface area contributed by atoms with Gasteiger partial charge in [0.25, 0.3) is 0 Å². The molecule has 0 aromatic heterocycles.